The molecule has 1 N–H and O–H groups in total. The standard InChI is InChI=1S/C10H13BrN2O3S/c1-7-6-8(4-5-9(7)11)10(14)12-17(15,16)13(2)3/h4-6H,1-3H3,(H,12,14). The van der Waals surface area contributed by atoms with Crippen molar-refractivity contribution in [2.75, 3.05) is 14.1 Å². The van der Waals surface area contributed by atoms with Gasteiger partial charge in [0.1, 0.15) is 0 Å². The Hall–Kier alpha value is -0.920. The fourth-order valence-corrected chi connectivity index (χ4v) is 1.83. The monoisotopic (exact) mass is 320 g/mol. The van der Waals surface area contributed by atoms with Crippen LogP contribution in [-0.4, -0.2) is 32.7 Å². The number of halogens is 1. The van der Waals surface area contributed by atoms with E-state index in [1.165, 1.54) is 14.1 Å². The fraction of sp³-hybridized carbons (Fsp3) is 0.300. The minimum atomic E-state index is -3.75. The lowest BCUT2D eigenvalue weighted by Crippen LogP contribution is -2.39. The molecule has 0 fully saturated rings. The Kier molecular flexibility index (Phi) is 4.29. The molecule has 0 saturated carbocycles. The van der Waals surface area contributed by atoms with E-state index in [0.29, 0.717) is 5.56 Å². The van der Waals surface area contributed by atoms with E-state index >= 15 is 0 Å². The van der Waals surface area contributed by atoms with Gasteiger partial charge in [-0.15, -0.1) is 0 Å². The van der Waals surface area contributed by atoms with E-state index in [4.69, 9.17) is 0 Å². The summed E-state index contributed by atoms with van der Waals surface area (Å²) in [6, 6.07) is 4.87. The Morgan fingerprint density at radius 3 is 2.41 bits per heavy atom. The van der Waals surface area contributed by atoms with Gasteiger partial charge in [-0.25, -0.2) is 4.72 Å². The summed E-state index contributed by atoms with van der Waals surface area (Å²) in [5.74, 6) is -0.644. The van der Waals surface area contributed by atoms with Gasteiger partial charge in [-0.3, -0.25) is 4.79 Å². The van der Waals surface area contributed by atoms with Crippen LogP contribution in [0, 0.1) is 6.92 Å². The molecular weight excluding hydrogens is 308 g/mol. The lowest BCUT2D eigenvalue weighted by atomic mass is 10.1. The molecule has 1 aromatic carbocycles. The second-order valence-electron chi connectivity index (χ2n) is 3.68. The Morgan fingerprint density at radius 2 is 1.94 bits per heavy atom. The van der Waals surface area contributed by atoms with Crippen LogP contribution in [0.5, 0.6) is 0 Å². The van der Waals surface area contributed by atoms with Crippen LogP contribution in [0.4, 0.5) is 0 Å². The van der Waals surface area contributed by atoms with Crippen LogP contribution in [0.25, 0.3) is 0 Å². The number of amides is 1. The molecule has 7 heteroatoms. The van der Waals surface area contributed by atoms with Crippen LogP contribution < -0.4 is 4.72 Å². The molecule has 0 unspecified atom stereocenters. The van der Waals surface area contributed by atoms with Crippen LogP contribution in [0.2, 0.25) is 0 Å². The minimum absolute atomic E-state index is 0.302. The lowest BCUT2D eigenvalue weighted by Gasteiger charge is -2.12. The minimum Gasteiger partial charge on any atom is -0.268 e. The van der Waals surface area contributed by atoms with Gasteiger partial charge in [0, 0.05) is 24.1 Å². The average molecular weight is 321 g/mol. The molecule has 0 radical (unpaired) electrons. The highest BCUT2D eigenvalue weighted by Gasteiger charge is 2.18. The van der Waals surface area contributed by atoms with Gasteiger partial charge in [-0.1, -0.05) is 15.9 Å². The largest absolute Gasteiger partial charge is 0.303 e. The molecule has 0 atom stereocenters. The molecule has 0 saturated heterocycles. The molecule has 0 aliphatic rings. The average Bonchev–Trinajstić information content (AvgIpc) is 2.21. The first-order valence-corrected chi connectivity index (χ1v) is 6.98. The summed E-state index contributed by atoms with van der Waals surface area (Å²) in [6.45, 7) is 1.82. The van der Waals surface area contributed by atoms with Crippen molar-refractivity contribution < 1.29 is 13.2 Å². The van der Waals surface area contributed by atoms with Gasteiger partial charge < -0.3 is 0 Å². The van der Waals surface area contributed by atoms with Crippen molar-refractivity contribution in [1.29, 1.82) is 0 Å². The molecule has 94 valence electrons. The van der Waals surface area contributed by atoms with E-state index in [1.54, 1.807) is 18.2 Å². The molecule has 1 rings (SSSR count). The smallest absolute Gasteiger partial charge is 0.268 e. The first kappa shape index (κ1) is 14.1. The van der Waals surface area contributed by atoms with E-state index in [-0.39, 0.29) is 0 Å². The van der Waals surface area contributed by atoms with Crippen molar-refractivity contribution in [3.63, 3.8) is 0 Å². The lowest BCUT2D eigenvalue weighted by molar-refractivity contribution is 0.0979. The maximum atomic E-state index is 11.7. The number of carbonyl (C=O) groups excluding carboxylic acids is 1. The molecule has 1 amide bonds. The first-order valence-electron chi connectivity index (χ1n) is 4.75. The maximum Gasteiger partial charge on any atom is 0.303 e. The van der Waals surface area contributed by atoms with Crippen LogP contribution in [0.1, 0.15) is 15.9 Å². The molecule has 0 spiro atoms. The van der Waals surface area contributed by atoms with Gasteiger partial charge in [0.05, 0.1) is 0 Å². The molecule has 0 aromatic heterocycles. The quantitative estimate of drug-likeness (QED) is 0.912. The predicted molar refractivity (Wildman–Crippen MR) is 69.0 cm³/mol. The summed E-state index contributed by atoms with van der Waals surface area (Å²) in [5, 5.41) is 0. The summed E-state index contributed by atoms with van der Waals surface area (Å²) in [4.78, 5) is 11.7. The summed E-state index contributed by atoms with van der Waals surface area (Å²) in [7, 11) is -1.05. The van der Waals surface area contributed by atoms with E-state index < -0.39 is 16.1 Å². The number of aryl methyl sites for hydroxylation is 1. The van der Waals surface area contributed by atoms with Crippen molar-refractivity contribution in [2.24, 2.45) is 0 Å². The molecule has 1 aromatic rings. The van der Waals surface area contributed by atoms with Crippen LogP contribution in [0.15, 0.2) is 22.7 Å². The first-order chi connectivity index (χ1) is 7.74. The number of rotatable bonds is 3. The normalized spacial score (nSPS) is 11.6. The zero-order valence-corrected chi connectivity index (χ0v) is 12.1. The number of nitrogens with zero attached hydrogens (tertiary/aromatic N) is 1. The van der Waals surface area contributed by atoms with E-state index in [9.17, 15) is 13.2 Å². The molecule has 17 heavy (non-hydrogen) atoms. The molecule has 0 bridgehead atoms. The Morgan fingerprint density at radius 1 is 1.35 bits per heavy atom. The van der Waals surface area contributed by atoms with Gasteiger partial charge in [0.25, 0.3) is 5.91 Å². The number of hydrogen-bond acceptors (Lipinski definition) is 3. The third-order valence-corrected chi connectivity index (χ3v) is 4.42. The second-order valence-corrected chi connectivity index (χ2v) is 6.42. The molecule has 5 nitrogen and oxygen atoms in total. The zero-order valence-electron chi connectivity index (χ0n) is 9.69. The highest BCUT2D eigenvalue weighted by Crippen LogP contribution is 2.17. The third kappa shape index (κ3) is 3.52. The Bertz CT molecular complexity index is 540. The van der Waals surface area contributed by atoms with Gasteiger partial charge in [-0.05, 0) is 30.7 Å². The van der Waals surface area contributed by atoms with Crippen LogP contribution in [0.3, 0.4) is 0 Å². The van der Waals surface area contributed by atoms with Crippen molar-refractivity contribution in [2.45, 2.75) is 6.92 Å². The van der Waals surface area contributed by atoms with E-state index in [1.807, 2.05) is 11.6 Å². The summed E-state index contributed by atoms with van der Waals surface area (Å²) < 4.78 is 26.7. The number of nitrogens with one attached hydrogen (secondary N) is 1. The Balaban J connectivity index is 2.95. The van der Waals surface area contributed by atoms with Crippen molar-refractivity contribution in [1.82, 2.24) is 9.03 Å². The van der Waals surface area contributed by atoms with Crippen LogP contribution >= 0.6 is 15.9 Å². The fourth-order valence-electron chi connectivity index (χ4n) is 1.05. The SMILES string of the molecule is Cc1cc(C(=O)NS(=O)(=O)N(C)C)ccc1Br. The molecular formula is C10H13BrN2O3S. The highest BCUT2D eigenvalue weighted by atomic mass is 79.9. The van der Waals surface area contributed by atoms with E-state index in [2.05, 4.69) is 15.9 Å². The molecule has 0 aliphatic carbocycles. The van der Waals surface area contributed by atoms with Crippen molar-refractivity contribution in [3.8, 4) is 0 Å². The van der Waals surface area contributed by atoms with Crippen molar-refractivity contribution >= 4 is 32.0 Å². The number of benzene rings is 1. The van der Waals surface area contributed by atoms with Crippen molar-refractivity contribution in [3.05, 3.63) is 33.8 Å². The zero-order chi connectivity index (χ0) is 13.2. The molecule has 0 heterocycles. The third-order valence-electron chi connectivity index (χ3n) is 2.12. The van der Waals surface area contributed by atoms with Gasteiger partial charge in [0.15, 0.2) is 0 Å². The van der Waals surface area contributed by atoms with E-state index in [0.717, 1.165) is 14.3 Å². The Labute approximate surface area is 109 Å². The number of hydrogen-bond donors (Lipinski definition) is 1. The van der Waals surface area contributed by atoms with Gasteiger partial charge in [-0.2, -0.15) is 12.7 Å². The topological polar surface area (TPSA) is 66.5 Å². The molecule has 0 aliphatic heterocycles. The number of carbonyl (C=O) groups is 1. The van der Waals surface area contributed by atoms with Gasteiger partial charge in [0.2, 0.25) is 0 Å². The van der Waals surface area contributed by atoms with Gasteiger partial charge >= 0.3 is 10.2 Å². The summed E-state index contributed by atoms with van der Waals surface area (Å²) in [6.07, 6.45) is 0. The predicted octanol–water partition coefficient (Wildman–Crippen LogP) is 1.29. The second kappa shape index (κ2) is 5.16. The van der Waals surface area contributed by atoms with Crippen LogP contribution in [-0.2, 0) is 10.2 Å². The summed E-state index contributed by atoms with van der Waals surface area (Å²) >= 11 is 3.30. The summed E-state index contributed by atoms with van der Waals surface area (Å²) in [5.41, 5.74) is 1.16. The maximum absolute atomic E-state index is 11.7. The highest BCUT2D eigenvalue weighted by molar-refractivity contribution is 9.10.